The van der Waals surface area contributed by atoms with Gasteiger partial charge in [0.1, 0.15) is 0 Å². The highest BCUT2D eigenvalue weighted by Gasteiger charge is 2.42. The fourth-order valence-corrected chi connectivity index (χ4v) is 3.57. The summed E-state index contributed by atoms with van der Waals surface area (Å²) in [5.41, 5.74) is -0.196. The molecule has 1 amide bonds. The molecule has 2 heterocycles. The predicted octanol–water partition coefficient (Wildman–Crippen LogP) is 0.764. The first-order valence-electron chi connectivity index (χ1n) is 8.84. The summed E-state index contributed by atoms with van der Waals surface area (Å²) in [4.78, 5) is 17.7. The van der Waals surface area contributed by atoms with Gasteiger partial charge >= 0.3 is 0 Å². The molecule has 2 rings (SSSR count). The number of hydrogen-bond donors (Lipinski definition) is 2. The van der Waals surface area contributed by atoms with Crippen molar-refractivity contribution in [2.24, 2.45) is 11.3 Å². The van der Waals surface area contributed by atoms with Gasteiger partial charge in [0.2, 0.25) is 5.91 Å². The maximum Gasteiger partial charge on any atom is 0.227 e. The highest BCUT2D eigenvalue weighted by molar-refractivity contribution is 5.83. The number of amides is 1. The van der Waals surface area contributed by atoms with Gasteiger partial charge in [0.05, 0.1) is 5.41 Å². The van der Waals surface area contributed by atoms with E-state index in [0.717, 1.165) is 58.7 Å². The number of nitrogens with zero attached hydrogens (tertiary/aromatic N) is 2. The molecule has 0 aromatic rings. The third-order valence-electron chi connectivity index (χ3n) is 5.08. The van der Waals surface area contributed by atoms with Gasteiger partial charge in [-0.1, -0.05) is 13.8 Å². The molecule has 2 aliphatic heterocycles. The number of rotatable bonds is 5. The maximum absolute atomic E-state index is 12.9. The van der Waals surface area contributed by atoms with Crippen molar-refractivity contribution in [3.8, 4) is 0 Å². The predicted molar refractivity (Wildman–Crippen MR) is 90.9 cm³/mol. The lowest BCUT2D eigenvalue weighted by molar-refractivity contribution is -0.135. The molecule has 0 aromatic heterocycles. The Kier molecular flexibility index (Phi) is 6.24. The molecule has 1 unspecified atom stereocenters. The zero-order valence-corrected chi connectivity index (χ0v) is 14.8. The average molecular weight is 310 g/mol. The Morgan fingerprint density at radius 2 is 2.00 bits per heavy atom. The SMILES string of the molecule is CC(C)CNC(=O)C1(CN2CCNC(C)C2)CCN(C)CC1. The van der Waals surface area contributed by atoms with E-state index in [4.69, 9.17) is 0 Å². The quantitative estimate of drug-likeness (QED) is 0.787. The number of likely N-dealkylation sites (tertiary alicyclic amines) is 1. The van der Waals surface area contributed by atoms with Crippen molar-refractivity contribution in [3.05, 3.63) is 0 Å². The average Bonchev–Trinajstić information content (AvgIpc) is 2.47. The summed E-state index contributed by atoms with van der Waals surface area (Å²) in [7, 11) is 2.16. The molecule has 0 aromatic carbocycles. The van der Waals surface area contributed by atoms with Crippen molar-refractivity contribution in [2.45, 2.75) is 39.7 Å². The van der Waals surface area contributed by atoms with Crippen molar-refractivity contribution in [1.29, 1.82) is 0 Å². The molecule has 5 nitrogen and oxygen atoms in total. The first kappa shape index (κ1) is 17.7. The summed E-state index contributed by atoms with van der Waals surface area (Å²) in [5, 5.41) is 6.70. The van der Waals surface area contributed by atoms with E-state index in [2.05, 4.69) is 48.3 Å². The van der Waals surface area contributed by atoms with Crippen LogP contribution in [0.25, 0.3) is 0 Å². The van der Waals surface area contributed by atoms with Crippen LogP contribution >= 0.6 is 0 Å². The molecule has 5 heteroatoms. The normalized spacial score (nSPS) is 27.0. The molecule has 2 aliphatic rings. The van der Waals surface area contributed by atoms with Crippen molar-refractivity contribution < 1.29 is 4.79 Å². The first-order valence-corrected chi connectivity index (χ1v) is 8.84. The topological polar surface area (TPSA) is 47.6 Å². The molecule has 22 heavy (non-hydrogen) atoms. The van der Waals surface area contributed by atoms with E-state index in [1.807, 2.05) is 0 Å². The zero-order valence-electron chi connectivity index (χ0n) is 14.8. The third kappa shape index (κ3) is 4.67. The summed E-state index contributed by atoms with van der Waals surface area (Å²) in [5.74, 6) is 0.784. The third-order valence-corrected chi connectivity index (χ3v) is 5.08. The fraction of sp³-hybridized carbons (Fsp3) is 0.941. The summed E-state index contributed by atoms with van der Waals surface area (Å²) >= 11 is 0. The van der Waals surface area contributed by atoms with Gasteiger partial charge in [-0.05, 0) is 45.8 Å². The van der Waals surface area contributed by atoms with E-state index in [0.29, 0.717) is 12.0 Å². The second kappa shape index (κ2) is 7.75. The molecule has 0 bridgehead atoms. The number of carbonyl (C=O) groups is 1. The maximum atomic E-state index is 12.9. The van der Waals surface area contributed by atoms with Gasteiger partial charge in [0, 0.05) is 38.8 Å². The number of nitrogens with one attached hydrogen (secondary N) is 2. The molecule has 0 radical (unpaired) electrons. The van der Waals surface area contributed by atoms with E-state index in [1.54, 1.807) is 0 Å². The van der Waals surface area contributed by atoms with E-state index in [-0.39, 0.29) is 11.3 Å². The Morgan fingerprint density at radius 1 is 1.32 bits per heavy atom. The minimum Gasteiger partial charge on any atom is -0.355 e. The van der Waals surface area contributed by atoms with Crippen LogP contribution in [0.2, 0.25) is 0 Å². The van der Waals surface area contributed by atoms with Crippen LogP contribution in [0.4, 0.5) is 0 Å². The van der Waals surface area contributed by atoms with Crippen molar-refractivity contribution in [2.75, 3.05) is 52.9 Å². The lowest BCUT2D eigenvalue weighted by atomic mass is 9.76. The Hall–Kier alpha value is -0.650. The van der Waals surface area contributed by atoms with Gasteiger partial charge in [0.25, 0.3) is 0 Å². The summed E-state index contributed by atoms with van der Waals surface area (Å²) < 4.78 is 0. The van der Waals surface area contributed by atoms with E-state index < -0.39 is 0 Å². The van der Waals surface area contributed by atoms with Crippen LogP contribution in [0.5, 0.6) is 0 Å². The number of piperazine rings is 1. The van der Waals surface area contributed by atoms with Crippen LogP contribution in [-0.4, -0.2) is 74.6 Å². The van der Waals surface area contributed by atoms with Crippen molar-refractivity contribution in [3.63, 3.8) is 0 Å². The molecule has 2 N–H and O–H groups in total. The van der Waals surface area contributed by atoms with Gasteiger partial charge in [-0.25, -0.2) is 0 Å². The summed E-state index contributed by atoms with van der Waals surface area (Å²) in [6.45, 7) is 13.4. The number of hydrogen-bond acceptors (Lipinski definition) is 4. The minimum atomic E-state index is -0.196. The minimum absolute atomic E-state index is 0.196. The Labute approximate surface area is 135 Å². The Bertz CT molecular complexity index is 364. The summed E-state index contributed by atoms with van der Waals surface area (Å²) in [6.07, 6.45) is 1.96. The standard InChI is InChI=1S/C17H34N4O/c1-14(2)11-19-16(22)17(5-8-20(4)9-6-17)13-21-10-7-18-15(3)12-21/h14-15,18H,5-13H2,1-4H3,(H,19,22). The van der Waals surface area contributed by atoms with Crippen LogP contribution in [-0.2, 0) is 4.79 Å². The lowest BCUT2D eigenvalue weighted by Crippen LogP contribution is -2.58. The molecular weight excluding hydrogens is 276 g/mol. The van der Waals surface area contributed by atoms with E-state index >= 15 is 0 Å². The molecule has 2 saturated heterocycles. The van der Waals surface area contributed by atoms with Crippen LogP contribution in [0.3, 0.4) is 0 Å². The van der Waals surface area contributed by atoms with Crippen molar-refractivity contribution in [1.82, 2.24) is 20.4 Å². The van der Waals surface area contributed by atoms with Gasteiger partial charge in [0.15, 0.2) is 0 Å². The smallest absolute Gasteiger partial charge is 0.227 e. The second-order valence-corrected chi connectivity index (χ2v) is 7.78. The largest absolute Gasteiger partial charge is 0.355 e. The van der Waals surface area contributed by atoms with Crippen LogP contribution in [0.1, 0.15) is 33.6 Å². The second-order valence-electron chi connectivity index (χ2n) is 7.78. The van der Waals surface area contributed by atoms with Gasteiger partial charge in [-0.15, -0.1) is 0 Å². The Morgan fingerprint density at radius 3 is 2.59 bits per heavy atom. The molecule has 0 spiro atoms. The molecule has 0 aliphatic carbocycles. The van der Waals surface area contributed by atoms with Crippen molar-refractivity contribution >= 4 is 5.91 Å². The van der Waals surface area contributed by atoms with Crippen LogP contribution < -0.4 is 10.6 Å². The zero-order chi connectivity index (χ0) is 16.2. The lowest BCUT2D eigenvalue weighted by Gasteiger charge is -2.44. The molecule has 2 fully saturated rings. The summed E-state index contributed by atoms with van der Waals surface area (Å²) in [6, 6.07) is 0.524. The monoisotopic (exact) mass is 310 g/mol. The molecule has 128 valence electrons. The number of carbonyl (C=O) groups excluding carboxylic acids is 1. The van der Waals surface area contributed by atoms with E-state index in [9.17, 15) is 4.79 Å². The van der Waals surface area contributed by atoms with Crippen LogP contribution in [0, 0.1) is 11.3 Å². The van der Waals surface area contributed by atoms with Crippen LogP contribution in [0.15, 0.2) is 0 Å². The molecule has 1 atom stereocenters. The first-order chi connectivity index (χ1) is 10.4. The Balaban J connectivity index is 2.02. The molecule has 0 saturated carbocycles. The number of piperidine rings is 1. The highest BCUT2D eigenvalue weighted by Crippen LogP contribution is 2.33. The molecular formula is C17H34N4O. The van der Waals surface area contributed by atoms with Gasteiger partial charge in [-0.3, -0.25) is 9.69 Å². The highest BCUT2D eigenvalue weighted by atomic mass is 16.2. The van der Waals surface area contributed by atoms with Gasteiger partial charge in [-0.2, -0.15) is 0 Å². The fourth-order valence-electron chi connectivity index (χ4n) is 3.57. The van der Waals surface area contributed by atoms with E-state index in [1.165, 1.54) is 0 Å². The van der Waals surface area contributed by atoms with Gasteiger partial charge < -0.3 is 15.5 Å².